The van der Waals surface area contributed by atoms with Crippen molar-refractivity contribution in [2.45, 2.75) is 82.2 Å². The van der Waals surface area contributed by atoms with Crippen LogP contribution < -0.4 is 4.74 Å². The molecule has 1 saturated carbocycles. The van der Waals surface area contributed by atoms with E-state index in [0.717, 1.165) is 12.8 Å². The summed E-state index contributed by atoms with van der Waals surface area (Å²) in [7, 11) is 3.82. The van der Waals surface area contributed by atoms with E-state index in [1.165, 1.54) is 43.1 Å². The maximum absolute atomic E-state index is 13.2. The van der Waals surface area contributed by atoms with Gasteiger partial charge in [-0.15, -0.1) is 0 Å². The minimum absolute atomic E-state index is 0.172. The molecule has 3 rings (SSSR count). The summed E-state index contributed by atoms with van der Waals surface area (Å²) in [6, 6.07) is 4.84. The van der Waals surface area contributed by atoms with Crippen LogP contribution in [0.25, 0.3) is 0 Å². The van der Waals surface area contributed by atoms with Crippen LogP contribution in [0.4, 0.5) is 0 Å². The zero-order valence-corrected chi connectivity index (χ0v) is 23.4. The first-order chi connectivity index (χ1) is 16.5. The Kier molecular flexibility index (Phi) is 9.77. The fourth-order valence-electron chi connectivity index (χ4n) is 5.90. The molecule has 0 unspecified atom stereocenters. The van der Waals surface area contributed by atoms with Crippen LogP contribution in [0.5, 0.6) is 5.75 Å². The third-order valence-electron chi connectivity index (χ3n) is 8.12. The van der Waals surface area contributed by atoms with Gasteiger partial charge in [0.15, 0.2) is 0 Å². The van der Waals surface area contributed by atoms with Gasteiger partial charge in [-0.2, -0.15) is 0 Å². The van der Waals surface area contributed by atoms with Crippen LogP contribution in [-0.4, -0.2) is 88.3 Å². The smallest absolute Gasteiger partial charge is 0.243 e. The fraction of sp³-hybridized carbons (Fsp3) is 0.741. The predicted octanol–water partition coefficient (Wildman–Crippen LogP) is 3.87. The number of hydrogen-bond donors (Lipinski definition) is 0. The Hall–Kier alpha value is -1.48. The third-order valence-corrected chi connectivity index (χ3v) is 10.3. The van der Waals surface area contributed by atoms with Gasteiger partial charge in [-0.1, -0.05) is 0 Å². The summed E-state index contributed by atoms with van der Waals surface area (Å²) in [5, 5.41) is 0. The van der Waals surface area contributed by atoms with Crippen LogP contribution in [0.1, 0.15) is 62.5 Å². The lowest BCUT2D eigenvalue weighted by Crippen LogP contribution is -2.47. The zero-order valence-electron chi connectivity index (χ0n) is 22.5. The number of carbonyl (C=O) groups excluding carboxylic acids is 1. The van der Waals surface area contributed by atoms with Crippen molar-refractivity contribution in [3.8, 4) is 5.75 Å². The van der Waals surface area contributed by atoms with Crippen LogP contribution in [0.3, 0.4) is 0 Å². The molecule has 35 heavy (non-hydrogen) atoms. The van der Waals surface area contributed by atoms with Gasteiger partial charge in [0.05, 0.1) is 12.0 Å². The van der Waals surface area contributed by atoms with E-state index in [1.807, 2.05) is 0 Å². The highest BCUT2D eigenvalue weighted by Crippen LogP contribution is 2.32. The molecule has 2 aliphatic rings. The van der Waals surface area contributed by atoms with E-state index in [0.29, 0.717) is 46.2 Å². The number of methoxy groups -OCH3 is 1. The van der Waals surface area contributed by atoms with E-state index >= 15 is 0 Å². The summed E-state index contributed by atoms with van der Waals surface area (Å²) >= 11 is 0. The number of likely N-dealkylation sites (tertiary alicyclic amines) is 1. The molecular weight excluding hydrogens is 462 g/mol. The molecule has 0 N–H and O–H groups in total. The van der Waals surface area contributed by atoms with Crippen molar-refractivity contribution >= 4 is 15.8 Å². The highest BCUT2D eigenvalue weighted by molar-refractivity contribution is 7.89. The van der Waals surface area contributed by atoms with Crippen molar-refractivity contribution in [2.24, 2.45) is 5.92 Å². The summed E-state index contributed by atoms with van der Waals surface area (Å²) < 4.78 is 32.9. The van der Waals surface area contributed by atoms with Gasteiger partial charge in [-0.05, 0) is 109 Å². The second-order valence-electron chi connectivity index (χ2n) is 10.8. The van der Waals surface area contributed by atoms with Gasteiger partial charge in [-0.25, -0.2) is 12.7 Å². The fourth-order valence-corrected chi connectivity index (χ4v) is 7.47. The molecule has 2 fully saturated rings. The number of sulfonamides is 1. The molecule has 1 aliphatic heterocycles. The van der Waals surface area contributed by atoms with Crippen LogP contribution in [0.15, 0.2) is 17.0 Å². The summed E-state index contributed by atoms with van der Waals surface area (Å²) in [5.74, 6) is 1.25. The summed E-state index contributed by atoms with van der Waals surface area (Å²) in [4.78, 5) is 18.0. The van der Waals surface area contributed by atoms with Gasteiger partial charge < -0.3 is 14.5 Å². The maximum atomic E-state index is 13.2. The monoisotopic (exact) mass is 507 g/mol. The number of ketones is 1. The van der Waals surface area contributed by atoms with E-state index in [-0.39, 0.29) is 18.7 Å². The van der Waals surface area contributed by atoms with Crippen molar-refractivity contribution in [1.29, 1.82) is 0 Å². The number of nitrogens with zero attached hydrogens (tertiary/aromatic N) is 3. The number of Topliss-reactive ketones (excluding diaryl/α,β-unsaturated/α-hetero) is 1. The molecule has 0 amide bonds. The number of rotatable bonds is 10. The maximum Gasteiger partial charge on any atom is 0.243 e. The lowest BCUT2D eigenvalue weighted by atomic mass is 9.81. The predicted molar refractivity (Wildman–Crippen MR) is 141 cm³/mol. The van der Waals surface area contributed by atoms with Gasteiger partial charge in [-0.3, -0.25) is 4.79 Å². The zero-order chi connectivity index (χ0) is 25.8. The van der Waals surface area contributed by atoms with E-state index in [4.69, 9.17) is 4.74 Å². The molecule has 0 spiro atoms. The number of ether oxygens (including phenoxy) is 1. The topological polar surface area (TPSA) is 70.2 Å². The third kappa shape index (κ3) is 7.06. The standard InChI is InChI=1S/C27H45N3O4S/c1-20-17-26(34-6)18-21(2)27(20)35(32,33)29(5)14-13-25(31)19-22-7-9-24(10-8-22)30-15-11-23(12-16-30)28(3)4/h17-18,22-24H,7-16,19H2,1-6H3. The summed E-state index contributed by atoms with van der Waals surface area (Å²) in [6.07, 6.45) is 7.88. The van der Waals surface area contributed by atoms with Crippen LogP contribution in [0.2, 0.25) is 0 Å². The lowest BCUT2D eigenvalue weighted by Gasteiger charge is -2.42. The second kappa shape index (κ2) is 12.2. The molecular formula is C27H45N3O4S. The molecule has 0 aromatic heterocycles. The number of aryl methyl sites for hydroxylation is 2. The Bertz CT molecular complexity index is 940. The molecule has 8 heteroatoms. The average Bonchev–Trinajstić information content (AvgIpc) is 2.82. The first-order valence-corrected chi connectivity index (χ1v) is 14.5. The Morgan fingerprint density at radius 1 is 1.00 bits per heavy atom. The van der Waals surface area contributed by atoms with Crippen molar-refractivity contribution < 1.29 is 17.9 Å². The highest BCUT2D eigenvalue weighted by atomic mass is 32.2. The number of piperidine rings is 1. The summed E-state index contributed by atoms with van der Waals surface area (Å²) in [6.45, 7) is 6.14. The van der Waals surface area contributed by atoms with Crippen LogP contribution in [0, 0.1) is 19.8 Å². The number of carbonyl (C=O) groups is 1. The van der Waals surface area contributed by atoms with E-state index in [1.54, 1.807) is 40.1 Å². The second-order valence-corrected chi connectivity index (χ2v) is 12.8. The number of hydrogen-bond acceptors (Lipinski definition) is 6. The summed E-state index contributed by atoms with van der Waals surface area (Å²) in [5.41, 5.74) is 1.31. The van der Waals surface area contributed by atoms with Gasteiger partial charge in [0, 0.05) is 38.5 Å². The number of benzene rings is 1. The molecule has 1 aromatic rings. The van der Waals surface area contributed by atoms with Gasteiger partial charge in [0.1, 0.15) is 11.5 Å². The molecule has 0 radical (unpaired) electrons. The van der Waals surface area contributed by atoms with Crippen LogP contribution in [-0.2, 0) is 14.8 Å². The molecule has 7 nitrogen and oxygen atoms in total. The van der Waals surface area contributed by atoms with Crippen molar-refractivity contribution in [1.82, 2.24) is 14.1 Å². The van der Waals surface area contributed by atoms with Crippen molar-refractivity contribution in [3.63, 3.8) is 0 Å². The van der Waals surface area contributed by atoms with E-state index in [2.05, 4.69) is 23.9 Å². The first kappa shape index (κ1) is 28.1. The van der Waals surface area contributed by atoms with Gasteiger partial charge in [0.25, 0.3) is 0 Å². The van der Waals surface area contributed by atoms with Gasteiger partial charge in [0.2, 0.25) is 10.0 Å². The van der Waals surface area contributed by atoms with Gasteiger partial charge >= 0.3 is 0 Å². The Morgan fingerprint density at radius 3 is 2.09 bits per heavy atom. The van der Waals surface area contributed by atoms with Crippen LogP contribution >= 0.6 is 0 Å². The minimum atomic E-state index is -3.67. The van der Waals surface area contributed by atoms with Crippen molar-refractivity contribution in [2.75, 3.05) is 47.9 Å². The minimum Gasteiger partial charge on any atom is -0.497 e. The first-order valence-electron chi connectivity index (χ1n) is 13.1. The molecule has 198 valence electrons. The quantitative estimate of drug-likeness (QED) is 0.479. The normalized spacial score (nSPS) is 22.6. The Balaban J connectivity index is 1.44. The molecule has 1 saturated heterocycles. The Morgan fingerprint density at radius 2 is 1.57 bits per heavy atom. The molecule has 1 heterocycles. The largest absolute Gasteiger partial charge is 0.497 e. The van der Waals surface area contributed by atoms with E-state index < -0.39 is 10.0 Å². The molecule has 0 atom stereocenters. The molecule has 0 bridgehead atoms. The molecule has 1 aliphatic carbocycles. The Labute approximate surface area is 212 Å². The SMILES string of the molecule is COc1cc(C)c(S(=O)(=O)N(C)CCC(=O)CC2CCC(N3CCC(N(C)C)CC3)CC2)c(C)c1. The highest BCUT2D eigenvalue weighted by Gasteiger charge is 2.31. The lowest BCUT2D eigenvalue weighted by molar-refractivity contribution is -0.120. The van der Waals surface area contributed by atoms with E-state index in [9.17, 15) is 13.2 Å². The van der Waals surface area contributed by atoms with Crippen molar-refractivity contribution in [3.05, 3.63) is 23.3 Å². The molecule has 1 aromatic carbocycles. The average molecular weight is 508 g/mol.